The van der Waals surface area contributed by atoms with Crippen LogP contribution in [0.15, 0.2) is 12.1 Å². The number of esters is 1. The Kier molecular flexibility index (Phi) is 3.99. The quantitative estimate of drug-likeness (QED) is 0.835. The Hall–Kier alpha value is -1.29. The summed E-state index contributed by atoms with van der Waals surface area (Å²) >= 11 is 0. The number of piperidine rings is 1. The fourth-order valence-corrected chi connectivity index (χ4v) is 2.52. The molecule has 1 aliphatic heterocycles. The second-order valence-electron chi connectivity index (χ2n) is 6.21. The van der Waals surface area contributed by atoms with E-state index in [4.69, 9.17) is 4.74 Å². The lowest BCUT2D eigenvalue weighted by Gasteiger charge is -2.25. The predicted molar refractivity (Wildman–Crippen MR) is 75.2 cm³/mol. The maximum Gasteiger partial charge on any atom is 0.355 e. The second kappa shape index (κ2) is 5.37. The topological polar surface area (TPSA) is 43.3 Å². The summed E-state index contributed by atoms with van der Waals surface area (Å²) in [5.41, 5.74) is 1.34. The van der Waals surface area contributed by atoms with Crippen LogP contribution in [0.1, 0.15) is 62.3 Å². The van der Waals surface area contributed by atoms with Gasteiger partial charge in [0, 0.05) is 18.8 Å². The van der Waals surface area contributed by atoms with Crippen LogP contribution in [0.4, 0.5) is 0 Å². The summed E-state index contributed by atoms with van der Waals surface area (Å²) in [6, 6.07) is 4.25. The van der Waals surface area contributed by atoms with E-state index >= 15 is 0 Å². The van der Waals surface area contributed by atoms with Crippen molar-refractivity contribution in [3.8, 4) is 0 Å². The summed E-state index contributed by atoms with van der Waals surface area (Å²) in [6.07, 6.45) is 3.61. The molecule has 1 unspecified atom stereocenters. The van der Waals surface area contributed by atoms with Crippen LogP contribution in [0.25, 0.3) is 0 Å². The predicted octanol–water partition coefficient (Wildman–Crippen LogP) is 2.80. The second-order valence-corrected chi connectivity index (χ2v) is 6.21. The molecule has 0 aromatic carbocycles. The molecule has 1 aliphatic rings. The summed E-state index contributed by atoms with van der Waals surface area (Å²) in [5, 5.41) is 3.50. The average Bonchev–Trinajstić information content (AvgIpc) is 2.70. The van der Waals surface area contributed by atoms with Gasteiger partial charge in [0.25, 0.3) is 0 Å². The fraction of sp³-hybridized carbons (Fsp3) is 0.667. The van der Waals surface area contributed by atoms with Gasteiger partial charge in [-0.15, -0.1) is 0 Å². The molecule has 4 heteroatoms. The van der Waals surface area contributed by atoms with Crippen molar-refractivity contribution in [2.45, 2.75) is 51.7 Å². The normalized spacial score (nSPS) is 20.3. The van der Waals surface area contributed by atoms with Crippen LogP contribution in [0.2, 0.25) is 0 Å². The van der Waals surface area contributed by atoms with E-state index in [2.05, 4.69) is 5.32 Å². The third-order valence-electron chi connectivity index (χ3n) is 3.44. The number of carbonyl (C=O) groups excluding carboxylic acids is 1. The van der Waals surface area contributed by atoms with Crippen molar-refractivity contribution in [1.82, 2.24) is 9.88 Å². The van der Waals surface area contributed by atoms with E-state index in [1.807, 2.05) is 44.5 Å². The molecule has 0 saturated carbocycles. The monoisotopic (exact) mass is 264 g/mol. The minimum absolute atomic E-state index is 0.253. The summed E-state index contributed by atoms with van der Waals surface area (Å²) in [5.74, 6) is -0.253. The van der Waals surface area contributed by atoms with Crippen molar-refractivity contribution in [2.75, 3.05) is 6.54 Å². The van der Waals surface area contributed by atoms with E-state index in [1.165, 1.54) is 18.5 Å². The lowest BCUT2D eigenvalue weighted by molar-refractivity contribution is 0.00585. The standard InChI is InChI=1S/C15H24N2O2/c1-15(2,3)19-14(18)13-9-8-12(17(13)4)11-7-5-6-10-16-11/h8-9,11,16H,5-7,10H2,1-4H3. The van der Waals surface area contributed by atoms with Crippen molar-refractivity contribution < 1.29 is 9.53 Å². The maximum absolute atomic E-state index is 12.1. The van der Waals surface area contributed by atoms with Crippen LogP contribution in [0, 0.1) is 0 Å². The molecule has 4 nitrogen and oxygen atoms in total. The molecule has 1 N–H and O–H groups in total. The van der Waals surface area contributed by atoms with Gasteiger partial charge in [0.2, 0.25) is 0 Å². The van der Waals surface area contributed by atoms with Gasteiger partial charge in [0.1, 0.15) is 11.3 Å². The van der Waals surface area contributed by atoms with Crippen LogP contribution >= 0.6 is 0 Å². The van der Waals surface area contributed by atoms with Crippen molar-refractivity contribution in [3.63, 3.8) is 0 Å². The first-order valence-corrected chi connectivity index (χ1v) is 7.01. The first-order chi connectivity index (χ1) is 8.88. The van der Waals surface area contributed by atoms with Crippen LogP contribution in [0.3, 0.4) is 0 Å². The first kappa shape index (κ1) is 14.1. The summed E-state index contributed by atoms with van der Waals surface area (Å²) in [6.45, 7) is 6.71. The molecule has 0 bridgehead atoms. The van der Waals surface area contributed by atoms with E-state index in [0.29, 0.717) is 11.7 Å². The molecule has 1 aromatic heterocycles. The van der Waals surface area contributed by atoms with Crippen LogP contribution in [-0.2, 0) is 11.8 Å². The van der Waals surface area contributed by atoms with Gasteiger partial charge < -0.3 is 14.6 Å². The Morgan fingerprint density at radius 1 is 1.37 bits per heavy atom. The number of rotatable bonds is 2. The van der Waals surface area contributed by atoms with Crippen LogP contribution in [-0.4, -0.2) is 22.7 Å². The van der Waals surface area contributed by atoms with E-state index < -0.39 is 5.60 Å². The van der Waals surface area contributed by atoms with Gasteiger partial charge in [-0.1, -0.05) is 6.42 Å². The van der Waals surface area contributed by atoms with Crippen molar-refractivity contribution in [3.05, 3.63) is 23.5 Å². The molecule has 0 spiro atoms. The highest BCUT2D eigenvalue weighted by Gasteiger charge is 2.24. The Labute approximate surface area is 115 Å². The third-order valence-corrected chi connectivity index (χ3v) is 3.44. The molecule has 1 aromatic rings. The average molecular weight is 264 g/mol. The van der Waals surface area contributed by atoms with Gasteiger partial charge in [-0.25, -0.2) is 4.79 Å². The molecule has 2 rings (SSSR count). The Morgan fingerprint density at radius 2 is 2.11 bits per heavy atom. The van der Waals surface area contributed by atoms with Gasteiger partial charge in [0.15, 0.2) is 0 Å². The zero-order valence-corrected chi connectivity index (χ0v) is 12.3. The number of nitrogens with one attached hydrogen (secondary N) is 1. The van der Waals surface area contributed by atoms with Crippen LogP contribution < -0.4 is 5.32 Å². The maximum atomic E-state index is 12.1. The summed E-state index contributed by atoms with van der Waals surface area (Å²) < 4.78 is 7.38. The number of carbonyl (C=O) groups is 1. The fourth-order valence-electron chi connectivity index (χ4n) is 2.52. The smallest absolute Gasteiger partial charge is 0.355 e. The Morgan fingerprint density at radius 3 is 2.68 bits per heavy atom. The minimum Gasteiger partial charge on any atom is -0.455 e. The molecule has 19 heavy (non-hydrogen) atoms. The number of aromatic nitrogens is 1. The van der Waals surface area contributed by atoms with E-state index in [-0.39, 0.29) is 5.97 Å². The summed E-state index contributed by atoms with van der Waals surface area (Å²) in [7, 11) is 1.94. The number of nitrogens with zero attached hydrogens (tertiary/aromatic N) is 1. The highest BCUT2D eigenvalue weighted by Crippen LogP contribution is 2.25. The van der Waals surface area contributed by atoms with Crippen molar-refractivity contribution >= 4 is 5.97 Å². The summed E-state index contributed by atoms with van der Waals surface area (Å²) in [4.78, 5) is 12.1. The third kappa shape index (κ3) is 3.38. The molecule has 1 saturated heterocycles. The molecule has 0 radical (unpaired) electrons. The zero-order chi connectivity index (χ0) is 14.0. The van der Waals surface area contributed by atoms with Crippen molar-refractivity contribution in [2.24, 2.45) is 7.05 Å². The highest BCUT2D eigenvalue weighted by molar-refractivity contribution is 5.88. The van der Waals surface area contributed by atoms with Gasteiger partial charge in [-0.3, -0.25) is 0 Å². The van der Waals surface area contributed by atoms with Crippen LogP contribution in [0.5, 0.6) is 0 Å². The molecule has 106 valence electrons. The molecule has 1 atom stereocenters. The molecule has 2 heterocycles. The molecule has 0 amide bonds. The number of ether oxygens (including phenoxy) is 1. The number of hydrogen-bond acceptors (Lipinski definition) is 3. The minimum atomic E-state index is -0.454. The number of hydrogen-bond donors (Lipinski definition) is 1. The highest BCUT2D eigenvalue weighted by atomic mass is 16.6. The van der Waals surface area contributed by atoms with E-state index in [1.54, 1.807) is 0 Å². The molecule has 0 aliphatic carbocycles. The largest absolute Gasteiger partial charge is 0.455 e. The lowest BCUT2D eigenvalue weighted by Crippen LogP contribution is -2.29. The van der Waals surface area contributed by atoms with E-state index in [9.17, 15) is 4.79 Å². The Bertz CT molecular complexity index is 451. The van der Waals surface area contributed by atoms with Gasteiger partial charge in [-0.05, 0) is 52.3 Å². The molecule has 1 fully saturated rings. The van der Waals surface area contributed by atoms with Gasteiger partial charge >= 0.3 is 5.97 Å². The SMILES string of the molecule is Cn1c(C(=O)OC(C)(C)C)ccc1C1CCCCN1. The molecular weight excluding hydrogens is 240 g/mol. The van der Waals surface area contributed by atoms with E-state index in [0.717, 1.165) is 13.0 Å². The lowest BCUT2D eigenvalue weighted by atomic mass is 10.0. The molecular formula is C15H24N2O2. The Balaban J connectivity index is 2.15. The zero-order valence-electron chi connectivity index (χ0n) is 12.3. The van der Waals surface area contributed by atoms with Crippen molar-refractivity contribution in [1.29, 1.82) is 0 Å². The van der Waals surface area contributed by atoms with Gasteiger partial charge in [-0.2, -0.15) is 0 Å². The first-order valence-electron chi connectivity index (χ1n) is 7.01. The van der Waals surface area contributed by atoms with Gasteiger partial charge in [0.05, 0.1) is 0 Å².